The Morgan fingerprint density at radius 3 is 2.50 bits per heavy atom. The van der Waals surface area contributed by atoms with Gasteiger partial charge in [-0.1, -0.05) is 66.4 Å². The lowest BCUT2D eigenvalue weighted by Gasteiger charge is -2.40. The van der Waals surface area contributed by atoms with E-state index in [-0.39, 0.29) is 17.9 Å². The Labute approximate surface area is 238 Å². The number of aromatic nitrogens is 3. The van der Waals surface area contributed by atoms with Crippen LogP contribution in [-0.4, -0.2) is 67.8 Å². The molecule has 0 aliphatic carbocycles. The average Bonchev–Trinajstić information content (AvgIpc) is 3.39. The number of hydrogen-bond acceptors (Lipinski definition) is 5. The second-order valence-electron chi connectivity index (χ2n) is 9.94. The van der Waals surface area contributed by atoms with E-state index in [9.17, 15) is 14.0 Å². The zero-order chi connectivity index (χ0) is 28.1. The molecule has 206 valence electrons. The zero-order valence-electron chi connectivity index (χ0n) is 22.7. The minimum absolute atomic E-state index is 0.0793. The summed E-state index contributed by atoms with van der Waals surface area (Å²) in [7, 11) is 0. The first-order valence-corrected chi connectivity index (χ1v) is 14.4. The van der Waals surface area contributed by atoms with Crippen LogP contribution in [0.5, 0.6) is 0 Å². The number of carbonyl (C=O) groups excluding carboxylic acids is 2. The van der Waals surface area contributed by atoms with Crippen molar-refractivity contribution in [1.82, 2.24) is 24.6 Å². The van der Waals surface area contributed by atoms with E-state index in [1.54, 1.807) is 22.7 Å². The van der Waals surface area contributed by atoms with Crippen LogP contribution in [0.4, 0.5) is 4.39 Å². The molecular weight excluding hydrogens is 525 g/mol. The number of carbonyl (C=O) groups is 2. The Bertz CT molecular complexity index is 1490. The van der Waals surface area contributed by atoms with Gasteiger partial charge < -0.3 is 9.80 Å². The average molecular weight is 558 g/mol. The van der Waals surface area contributed by atoms with Gasteiger partial charge in [-0.3, -0.25) is 14.2 Å². The highest BCUT2D eigenvalue weighted by atomic mass is 32.2. The summed E-state index contributed by atoms with van der Waals surface area (Å²) >= 11 is 1.59. The Morgan fingerprint density at radius 2 is 1.75 bits per heavy atom. The molecule has 1 aliphatic rings. The quantitative estimate of drug-likeness (QED) is 0.208. The molecule has 2 heterocycles. The second kappa shape index (κ2) is 12.5. The first-order chi connectivity index (χ1) is 19.4. The van der Waals surface area contributed by atoms with Crippen molar-refractivity contribution in [2.24, 2.45) is 0 Å². The molecule has 0 radical (unpaired) electrons. The van der Waals surface area contributed by atoms with Crippen molar-refractivity contribution >= 4 is 23.6 Å². The molecule has 1 aromatic heterocycles. The van der Waals surface area contributed by atoms with E-state index in [0.717, 1.165) is 33.5 Å². The van der Waals surface area contributed by atoms with Gasteiger partial charge in [0.2, 0.25) is 5.91 Å². The van der Waals surface area contributed by atoms with Crippen molar-refractivity contribution in [3.05, 3.63) is 95.8 Å². The van der Waals surface area contributed by atoms with Gasteiger partial charge in [-0.2, -0.15) is 0 Å². The molecule has 4 aromatic rings. The fourth-order valence-electron chi connectivity index (χ4n) is 4.99. The number of thioether (sulfide) groups is 1. The van der Waals surface area contributed by atoms with Crippen LogP contribution in [0.25, 0.3) is 17.1 Å². The molecular formula is C31H32FN5O2S. The molecule has 0 spiro atoms. The third-order valence-corrected chi connectivity index (χ3v) is 8.12. The van der Waals surface area contributed by atoms with Crippen molar-refractivity contribution in [2.75, 3.05) is 25.4 Å². The largest absolute Gasteiger partial charge is 0.339 e. The van der Waals surface area contributed by atoms with Gasteiger partial charge in [0.05, 0.1) is 5.69 Å². The van der Waals surface area contributed by atoms with Crippen molar-refractivity contribution in [1.29, 1.82) is 0 Å². The van der Waals surface area contributed by atoms with E-state index >= 15 is 0 Å². The molecule has 5 rings (SSSR count). The predicted octanol–water partition coefficient (Wildman–Crippen LogP) is 5.63. The summed E-state index contributed by atoms with van der Waals surface area (Å²) in [6.45, 7) is 5.37. The van der Waals surface area contributed by atoms with E-state index < -0.39 is 5.82 Å². The van der Waals surface area contributed by atoms with Gasteiger partial charge in [0.15, 0.2) is 11.0 Å². The zero-order valence-corrected chi connectivity index (χ0v) is 23.5. The van der Waals surface area contributed by atoms with Crippen LogP contribution in [0.1, 0.15) is 35.7 Å². The van der Waals surface area contributed by atoms with Gasteiger partial charge in [-0.25, -0.2) is 4.39 Å². The van der Waals surface area contributed by atoms with E-state index in [1.807, 2.05) is 54.3 Å². The molecule has 1 aliphatic heterocycles. The Kier molecular flexibility index (Phi) is 8.60. The number of rotatable bonds is 8. The standard InChI is InChI=1S/C31H32FN5O2S/c1-22-10-6-7-15-27(22)37-29(24-11-4-3-5-12-24)33-34-31(37)40-19-9-16-28(38)35-17-18-36(23(2)21-35)30(39)25-13-8-14-26(32)20-25/h3-8,10-15,20,23H,9,16-19,21H2,1-2H3. The Morgan fingerprint density at radius 1 is 0.975 bits per heavy atom. The summed E-state index contributed by atoms with van der Waals surface area (Å²) in [5, 5.41) is 9.80. The number of amides is 2. The smallest absolute Gasteiger partial charge is 0.254 e. The van der Waals surface area contributed by atoms with Crippen molar-refractivity contribution in [3.8, 4) is 17.1 Å². The molecule has 1 fully saturated rings. The SMILES string of the molecule is Cc1ccccc1-n1c(SCCCC(=O)N2CCN(C(=O)c3cccc(F)c3)C(C)C2)nnc1-c1ccccc1. The van der Waals surface area contributed by atoms with Crippen LogP contribution in [0.15, 0.2) is 84.0 Å². The molecule has 9 heteroatoms. The van der Waals surface area contributed by atoms with Crippen LogP contribution >= 0.6 is 11.8 Å². The van der Waals surface area contributed by atoms with Crippen LogP contribution in [0, 0.1) is 12.7 Å². The summed E-state index contributed by atoms with van der Waals surface area (Å²) in [5.74, 6) is 0.948. The third-order valence-electron chi connectivity index (χ3n) is 7.10. The van der Waals surface area contributed by atoms with Crippen molar-refractivity contribution in [3.63, 3.8) is 0 Å². The summed E-state index contributed by atoms with van der Waals surface area (Å²) in [5.41, 5.74) is 3.48. The van der Waals surface area contributed by atoms with Gasteiger partial charge >= 0.3 is 0 Å². The number of hydrogen-bond donors (Lipinski definition) is 0. The monoisotopic (exact) mass is 557 g/mol. The highest BCUT2D eigenvalue weighted by molar-refractivity contribution is 7.99. The van der Waals surface area contributed by atoms with Crippen LogP contribution in [0.3, 0.4) is 0 Å². The van der Waals surface area contributed by atoms with Gasteiger partial charge in [-0.05, 0) is 50.1 Å². The molecule has 1 atom stereocenters. The van der Waals surface area contributed by atoms with Gasteiger partial charge in [0.25, 0.3) is 5.91 Å². The minimum Gasteiger partial charge on any atom is -0.339 e. The minimum atomic E-state index is -0.432. The molecule has 2 amide bonds. The molecule has 0 bridgehead atoms. The maximum absolute atomic E-state index is 13.6. The number of para-hydroxylation sites is 1. The lowest BCUT2D eigenvalue weighted by molar-refractivity contribution is -0.133. The van der Waals surface area contributed by atoms with Gasteiger partial charge in [0, 0.05) is 49.0 Å². The fraction of sp³-hybridized carbons (Fsp3) is 0.290. The molecule has 1 unspecified atom stereocenters. The van der Waals surface area contributed by atoms with Crippen molar-refractivity contribution in [2.45, 2.75) is 37.9 Å². The molecule has 7 nitrogen and oxygen atoms in total. The normalized spacial score (nSPS) is 15.3. The van der Waals surface area contributed by atoms with E-state index in [4.69, 9.17) is 0 Å². The highest BCUT2D eigenvalue weighted by Crippen LogP contribution is 2.30. The number of halogens is 1. The molecule has 0 saturated carbocycles. The molecule has 40 heavy (non-hydrogen) atoms. The van der Waals surface area contributed by atoms with Crippen LogP contribution in [0.2, 0.25) is 0 Å². The summed E-state index contributed by atoms with van der Waals surface area (Å²) < 4.78 is 15.7. The van der Waals surface area contributed by atoms with Crippen molar-refractivity contribution < 1.29 is 14.0 Å². The maximum atomic E-state index is 13.6. The van der Waals surface area contributed by atoms with Gasteiger partial charge in [0.1, 0.15) is 5.82 Å². The molecule has 1 saturated heterocycles. The summed E-state index contributed by atoms with van der Waals surface area (Å²) in [6.07, 6.45) is 1.11. The molecule has 0 N–H and O–H groups in total. The van der Waals surface area contributed by atoms with Crippen LogP contribution in [-0.2, 0) is 4.79 Å². The maximum Gasteiger partial charge on any atom is 0.254 e. The fourth-order valence-corrected chi connectivity index (χ4v) is 5.87. The number of piperazine rings is 1. The molecule has 3 aromatic carbocycles. The number of nitrogens with zero attached hydrogens (tertiary/aromatic N) is 5. The van der Waals surface area contributed by atoms with E-state index in [0.29, 0.717) is 38.0 Å². The number of aryl methyl sites for hydroxylation is 1. The highest BCUT2D eigenvalue weighted by Gasteiger charge is 2.30. The lowest BCUT2D eigenvalue weighted by Crippen LogP contribution is -2.55. The lowest BCUT2D eigenvalue weighted by atomic mass is 10.1. The van der Waals surface area contributed by atoms with Gasteiger partial charge in [-0.15, -0.1) is 10.2 Å². The number of benzene rings is 3. The topological polar surface area (TPSA) is 71.3 Å². The first-order valence-electron chi connectivity index (χ1n) is 13.5. The third kappa shape index (κ3) is 6.09. The summed E-state index contributed by atoms with van der Waals surface area (Å²) in [4.78, 5) is 29.4. The predicted molar refractivity (Wildman–Crippen MR) is 155 cm³/mol. The first kappa shape index (κ1) is 27.6. The van der Waals surface area contributed by atoms with Crippen LogP contribution < -0.4 is 0 Å². The van der Waals surface area contributed by atoms with E-state index in [1.165, 1.54) is 18.2 Å². The van der Waals surface area contributed by atoms with E-state index in [2.05, 4.69) is 33.8 Å². The summed E-state index contributed by atoms with van der Waals surface area (Å²) in [6, 6.07) is 23.8. The Hall–Kier alpha value is -3.98. The Balaban J connectivity index is 1.18. The second-order valence-corrected chi connectivity index (χ2v) is 11.0.